The van der Waals surface area contributed by atoms with Gasteiger partial charge in [-0.3, -0.25) is 4.99 Å². The molecule has 2 nitrogen and oxygen atoms in total. The quantitative estimate of drug-likeness (QED) is 0.0584. The van der Waals surface area contributed by atoms with Gasteiger partial charge < -0.3 is 5.32 Å². The van der Waals surface area contributed by atoms with E-state index in [9.17, 15) is 0 Å². The molecule has 0 aromatic rings. The second-order valence-corrected chi connectivity index (χ2v) is 12.3. The molecule has 0 aromatic carbocycles. The van der Waals surface area contributed by atoms with Crippen molar-refractivity contribution in [1.82, 2.24) is 5.32 Å². The summed E-state index contributed by atoms with van der Waals surface area (Å²) in [6.07, 6.45) is 39.0. The van der Waals surface area contributed by atoms with Crippen LogP contribution in [0.4, 0.5) is 0 Å². The molecule has 1 rings (SSSR count). The van der Waals surface area contributed by atoms with E-state index >= 15 is 0 Å². The predicted octanol–water partition coefficient (Wildman–Crippen LogP) is 12.1. The highest BCUT2D eigenvalue weighted by molar-refractivity contribution is 5.62. The molecule has 0 radical (unpaired) electrons. The molecular formula is C41H62N2. The van der Waals surface area contributed by atoms with Crippen molar-refractivity contribution in [2.24, 2.45) is 10.4 Å². The van der Waals surface area contributed by atoms with Gasteiger partial charge in [0.05, 0.1) is 0 Å². The molecule has 43 heavy (non-hydrogen) atoms. The summed E-state index contributed by atoms with van der Waals surface area (Å²) < 4.78 is 0. The van der Waals surface area contributed by atoms with Crippen LogP contribution in [-0.2, 0) is 0 Å². The minimum absolute atomic E-state index is 0.420. The summed E-state index contributed by atoms with van der Waals surface area (Å²) in [6.45, 7) is 25.1. The largest absolute Gasteiger partial charge is 0.313 e. The van der Waals surface area contributed by atoms with E-state index in [4.69, 9.17) is 0 Å². The van der Waals surface area contributed by atoms with E-state index in [0.717, 1.165) is 76.5 Å². The molecule has 0 atom stereocenters. The van der Waals surface area contributed by atoms with Crippen LogP contribution in [0.25, 0.3) is 0 Å². The van der Waals surface area contributed by atoms with Gasteiger partial charge in [-0.1, -0.05) is 137 Å². The first-order chi connectivity index (χ1) is 20.8. The predicted molar refractivity (Wildman–Crippen MR) is 196 cm³/mol. The van der Waals surface area contributed by atoms with Crippen LogP contribution in [0, 0.1) is 5.41 Å². The maximum atomic E-state index is 4.53. The summed E-state index contributed by atoms with van der Waals surface area (Å²) in [5.74, 6) is 0. The Morgan fingerprint density at radius 2 is 1.84 bits per heavy atom. The smallest absolute Gasteiger partial charge is 0.0264 e. The van der Waals surface area contributed by atoms with Crippen LogP contribution >= 0.6 is 0 Å². The van der Waals surface area contributed by atoms with Gasteiger partial charge in [0.2, 0.25) is 0 Å². The molecule has 1 N–H and O–H groups in total. The van der Waals surface area contributed by atoms with Crippen molar-refractivity contribution in [3.63, 3.8) is 0 Å². The van der Waals surface area contributed by atoms with Gasteiger partial charge in [0.1, 0.15) is 0 Å². The van der Waals surface area contributed by atoms with Gasteiger partial charge >= 0.3 is 0 Å². The minimum atomic E-state index is 0.420. The van der Waals surface area contributed by atoms with Crippen molar-refractivity contribution in [3.8, 4) is 0 Å². The normalized spacial score (nSPS) is 17.4. The molecular weight excluding hydrogens is 520 g/mol. The number of hydrogen-bond acceptors (Lipinski definition) is 2. The highest BCUT2D eigenvalue weighted by atomic mass is 14.8. The van der Waals surface area contributed by atoms with Crippen LogP contribution in [0.2, 0.25) is 0 Å². The zero-order chi connectivity index (χ0) is 31.8. The SMILES string of the molecule is C=C/C=C(\C/C=C(\C\C=N/C=C/C=C(\C=C)CNCCCC(=C)C)CCC)CC1=C/CC=C(CC(C)(CC)CC)C/C=C\1. The molecule has 0 aliphatic heterocycles. The number of aliphatic imine (C=N–C) groups is 1. The lowest BCUT2D eigenvalue weighted by molar-refractivity contribution is 0.293. The fourth-order valence-electron chi connectivity index (χ4n) is 5.12. The van der Waals surface area contributed by atoms with E-state index in [1.54, 1.807) is 5.57 Å². The van der Waals surface area contributed by atoms with Crippen LogP contribution in [0.3, 0.4) is 0 Å². The fraction of sp³-hybridized carbons (Fsp3) is 0.488. The van der Waals surface area contributed by atoms with E-state index < -0.39 is 0 Å². The molecule has 0 aromatic heterocycles. The Bertz CT molecular complexity index is 1090. The Kier molecular flexibility index (Phi) is 20.8. The molecule has 0 heterocycles. The first-order valence-electron chi connectivity index (χ1n) is 16.7. The molecule has 0 fully saturated rings. The lowest BCUT2D eigenvalue weighted by Crippen LogP contribution is -2.17. The first-order valence-corrected chi connectivity index (χ1v) is 16.7. The van der Waals surface area contributed by atoms with Crippen molar-refractivity contribution in [1.29, 1.82) is 0 Å². The Hall–Kier alpha value is -2.97. The van der Waals surface area contributed by atoms with Gasteiger partial charge in [-0.05, 0) is 87.5 Å². The van der Waals surface area contributed by atoms with Gasteiger partial charge in [-0.2, -0.15) is 0 Å². The lowest BCUT2D eigenvalue weighted by atomic mass is 9.78. The monoisotopic (exact) mass is 582 g/mol. The zero-order valence-corrected chi connectivity index (χ0v) is 28.4. The highest BCUT2D eigenvalue weighted by Gasteiger charge is 2.20. The fourth-order valence-corrected chi connectivity index (χ4v) is 5.12. The molecule has 0 amide bonds. The van der Waals surface area contributed by atoms with Crippen LogP contribution < -0.4 is 5.32 Å². The maximum absolute atomic E-state index is 4.53. The third-order valence-corrected chi connectivity index (χ3v) is 8.36. The average Bonchev–Trinajstić information content (AvgIpc) is 2.98. The maximum Gasteiger partial charge on any atom is 0.0264 e. The third kappa shape index (κ3) is 18.3. The standard InChI is InChI=1S/C41H62N2/c1-9-18-37(28-31-42-29-17-25-36(11-3)34-43-30-16-20-35(6)7)26-27-38(19-10-2)32-39-21-14-23-40(24-15-22-39)33-41(8,12-4)13-5/h10-11,14,17,19,21-22,24-26,29,31,43H,2-3,6,9,12-13,15-16,18,20,23,27-28,30,32-34H2,1,4-5,7-8H3/b21-14-,29-17+,36-25+,37-26-,38-19+,39-22+,40-24?,42-31-. The molecule has 0 saturated carbocycles. The van der Waals surface area contributed by atoms with E-state index in [1.807, 2.05) is 30.6 Å². The van der Waals surface area contributed by atoms with E-state index in [2.05, 4.69) is 107 Å². The molecule has 1 aliphatic rings. The van der Waals surface area contributed by atoms with Crippen LogP contribution in [0.1, 0.15) is 112 Å². The summed E-state index contributed by atoms with van der Waals surface area (Å²) in [5, 5.41) is 3.47. The van der Waals surface area contributed by atoms with Crippen molar-refractivity contribution < 1.29 is 0 Å². The summed E-state index contributed by atoms with van der Waals surface area (Å²) in [5.41, 5.74) is 8.66. The van der Waals surface area contributed by atoms with Crippen molar-refractivity contribution >= 4 is 6.21 Å². The van der Waals surface area contributed by atoms with Gasteiger partial charge in [0.25, 0.3) is 0 Å². The van der Waals surface area contributed by atoms with Crippen LogP contribution in [0.15, 0.2) is 125 Å². The molecule has 236 valence electrons. The number of nitrogens with one attached hydrogen (secondary N) is 1. The second kappa shape index (κ2) is 23.5. The topological polar surface area (TPSA) is 24.4 Å². The number of nitrogens with zero attached hydrogens (tertiary/aromatic N) is 1. The third-order valence-electron chi connectivity index (χ3n) is 8.36. The molecule has 0 unspecified atom stereocenters. The number of hydrogen-bond donors (Lipinski definition) is 1. The van der Waals surface area contributed by atoms with E-state index in [0.29, 0.717) is 5.41 Å². The van der Waals surface area contributed by atoms with Gasteiger partial charge in [0, 0.05) is 25.4 Å². The molecule has 0 bridgehead atoms. The Morgan fingerprint density at radius 3 is 2.51 bits per heavy atom. The molecule has 0 saturated heterocycles. The lowest BCUT2D eigenvalue weighted by Gasteiger charge is -2.28. The van der Waals surface area contributed by atoms with Crippen molar-refractivity contribution in [3.05, 3.63) is 120 Å². The highest BCUT2D eigenvalue weighted by Crippen LogP contribution is 2.35. The van der Waals surface area contributed by atoms with E-state index in [-0.39, 0.29) is 0 Å². The Balaban J connectivity index is 2.71. The number of allylic oxidation sites excluding steroid dienone is 14. The van der Waals surface area contributed by atoms with Gasteiger partial charge in [0.15, 0.2) is 0 Å². The zero-order valence-electron chi connectivity index (χ0n) is 28.4. The van der Waals surface area contributed by atoms with Crippen molar-refractivity contribution in [2.75, 3.05) is 13.1 Å². The summed E-state index contributed by atoms with van der Waals surface area (Å²) in [6, 6.07) is 0. The summed E-state index contributed by atoms with van der Waals surface area (Å²) >= 11 is 0. The van der Waals surface area contributed by atoms with Gasteiger partial charge in [-0.25, -0.2) is 0 Å². The average molecular weight is 583 g/mol. The first kappa shape index (κ1) is 38.1. The molecule has 2 heteroatoms. The second-order valence-electron chi connectivity index (χ2n) is 12.3. The van der Waals surface area contributed by atoms with Crippen molar-refractivity contribution in [2.45, 2.75) is 112 Å². The summed E-state index contributed by atoms with van der Waals surface area (Å²) in [4.78, 5) is 4.53. The van der Waals surface area contributed by atoms with E-state index in [1.165, 1.54) is 41.6 Å². The van der Waals surface area contributed by atoms with Crippen LogP contribution in [-0.4, -0.2) is 19.3 Å². The van der Waals surface area contributed by atoms with Crippen LogP contribution in [0.5, 0.6) is 0 Å². The molecule has 1 aliphatic carbocycles. The Morgan fingerprint density at radius 1 is 1.05 bits per heavy atom. The van der Waals surface area contributed by atoms with Gasteiger partial charge in [-0.15, -0.1) is 6.58 Å². The minimum Gasteiger partial charge on any atom is -0.313 e. The Labute approximate surface area is 266 Å². The summed E-state index contributed by atoms with van der Waals surface area (Å²) in [7, 11) is 0. The molecule has 0 spiro atoms. The number of rotatable bonds is 22.